The summed E-state index contributed by atoms with van der Waals surface area (Å²) in [6, 6.07) is 3.57. The normalized spacial score (nSPS) is 15.9. The monoisotopic (exact) mass is 364 g/mol. The van der Waals surface area contributed by atoms with Gasteiger partial charge in [-0.15, -0.1) is 0 Å². The van der Waals surface area contributed by atoms with Crippen molar-refractivity contribution in [3.8, 4) is 5.75 Å². The summed E-state index contributed by atoms with van der Waals surface area (Å²) in [4.78, 5) is 58.3. The van der Waals surface area contributed by atoms with E-state index in [2.05, 4.69) is 5.32 Å². The van der Waals surface area contributed by atoms with E-state index in [9.17, 15) is 24.0 Å². The van der Waals surface area contributed by atoms with Gasteiger partial charge in [0, 0.05) is 19.1 Å². The van der Waals surface area contributed by atoms with Gasteiger partial charge in [0.1, 0.15) is 18.4 Å². The maximum Gasteiger partial charge on any atom is 0.261 e. The number of aldehydes is 1. The molecule has 140 valence electrons. The van der Waals surface area contributed by atoms with Crippen LogP contribution in [0.1, 0.15) is 28.8 Å². The molecule has 9 heteroatoms. The highest BCUT2D eigenvalue weighted by atomic mass is 16.5. The third-order valence-electron chi connectivity index (χ3n) is 3.65. The van der Waals surface area contributed by atoms with E-state index in [0.717, 1.165) is 12.0 Å². The molecule has 1 saturated heterocycles. The van der Waals surface area contributed by atoms with E-state index in [1.807, 2.05) is 0 Å². The molecule has 2 N–H and O–H groups in total. The van der Waals surface area contributed by atoms with Gasteiger partial charge in [0.05, 0.1) is 0 Å². The Kier molecular flexibility index (Phi) is 8.10. The number of hydrogen-bond donors (Lipinski definition) is 2. The quantitative estimate of drug-likeness (QED) is 0.518. The van der Waals surface area contributed by atoms with Crippen LogP contribution in [-0.4, -0.2) is 60.2 Å². The molecular weight excluding hydrogens is 344 g/mol. The Labute approximate surface area is 149 Å². The lowest BCUT2D eigenvalue weighted by Gasteiger charge is -2.28. The van der Waals surface area contributed by atoms with E-state index in [4.69, 9.17) is 9.84 Å². The molecule has 0 bridgehead atoms. The number of hydrogen-bond acceptors (Lipinski definition) is 7. The molecule has 4 amide bonds. The second kappa shape index (κ2) is 10.0. The number of benzene rings is 1. The van der Waals surface area contributed by atoms with Gasteiger partial charge in [0.25, 0.3) is 5.91 Å². The summed E-state index contributed by atoms with van der Waals surface area (Å²) in [5, 5.41) is 9.11. The van der Waals surface area contributed by atoms with Gasteiger partial charge in [-0.2, -0.15) is 0 Å². The van der Waals surface area contributed by atoms with Crippen molar-refractivity contribution in [2.45, 2.75) is 25.8 Å². The second-order valence-electron chi connectivity index (χ2n) is 5.24. The predicted octanol–water partition coefficient (Wildman–Crippen LogP) is -0.415. The lowest BCUT2D eigenvalue weighted by Crippen LogP contribution is -2.53. The zero-order chi connectivity index (χ0) is 19.7. The average molecular weight is 364 g/mol. The minimum Gasteiger partial charge on any atom is -0.486 e. The van der Waals surface area contributed by atoms with Crippen molar-refractivity contribution >= 4 is 30.4 Å². The van der Waals surface area contributed by atoms with Gasteiger partial charge in [0.15, 0.2) is 6.29 Å². The third kappa shape index (κ3) is 4.96. The molecule has 1 fully saturated rings. The Morgan fingerprint density at radius 1 is 1.35 bits per heavy atom. The highest BCUT2D eigenvalue weighted by molar-refractivity contribution is 6.07. The zero-order valence-corrected chi connectivity index (χ0v) is 14.4. The van der Waals surface area contributed by atoms with Gasteiger partial charge >= 0.3 is 0 Å². The van der Waals surface area contributed by atoms with E-state index in [-0.39, 0.29) is 31.4 Å². The third-order valence-corrected chi connectivity index (χ3v) is 3.65. The molecule has 0 radical (unpaired) electrons. The molecule has 0 spiro atoms. The van der Waals surface area contributed by atoms with Gasteiger partial charge in [-0.05, 0) is 31.0 Å². The molecule has 1 unspecified atom stereocenters. The number of aliphatic hydroxyl groups excluding tert-OH is 1. The van der Waals surface area contributed by atoms with Gasteiger partial charge < -0.3 is 9.84 Å². The van der Waals surface area contributed by atoms with Crippen LogP contribution in [0.25, 0.3) is 0 Å². The topological polar surface area (TPSA) is 130 Å². The Morgan fingerprint density at radius 2 is 2.04 bits per heavy atom. The Bertz CT molecular complexity index is 702. The first-order valence-electron chi connectivity index (χ1n) is 7.71. The zero-order valence-electron chi connectivity index (χ0n) is 14.4. The van der Waals surface area contributed by atoms with Crippen molar-refractivity contribution in [1.29, 1.82) is 0 Å². The number of nitrogens with one attached hydrogen (secondary N) is 1. The van der Waals surface area contributed by atoms with Gasteiger partial charge in [-0.1, -0.05) is 6.07 Å². The van der Waals surface area contributed by atoms with Crippen LogP contribution in [0, 0.1) is 6.92 Å². The summed E-state index contributed by atoms with van der Waals surface area (Å²) in [5.41, 5.74) is 0.757. The Balaban J connectivity index is 0.00000163. The number of piperidine rings is 1. The highest BCUT2D eigenvalue weighted by Crippen LogP contribution is 2.21. The summed E-state index contributed by atoms with van der Waals surface area (Å²) in [7, 11) is 1.00. The molecule has 26 heavy (non-hydrogen) atoms. The van der Waals surface area contributed by atoms with Crippen molar-refractivity contribution in [3.05, 3.63) is 29.3 Å². The molecule has 1 aliphatic rings. The van der Waals surface area contributed by atoms with Crippen LogP contribution < -0.4 is 10.1 Å². The molecule has 0 saturated carbocycles. The smallest absolute Gasteiger partial charge is 0.261 e. The van der Waals surface area contributed by atoms with Crippen LogP contribution in [-0.2, 0) is 19.2 Å². The van der Waals surface area contributed by atoms with Crippen molar-refractivity contribution in [2.75, 3.05) is 13.7 Å². The summed E-state index contributed by atoms with van der Waals surface area (Å²) in [6.45, 7) is 1.51. The fraction of sp³-hybridized carbons (Fsp3) is 0.353. The summed E-state index contributed by atoms with van der Waals surface area (Å²) < 4.78 is 5.14. The van der Waals surface area contributed by atoms with Crippen LogP contribution in [0.15, 0.2) is 18.2 Å². The molecule has 1 atom stereocenters. The Morgan fingerprint density at radius 3 is 2.62 bits per heavy atom. The number of aliphatic hydroxyl groups is 1. The van der Waals surface area contributed by atoms with E-state index in [1.54, 1.807) is 19.1 Å². The van der Waals surface area contributed by atoms with Crippen molar-refractivity contribution in [2.24, 2.45) is 0 Å². The van der Waals surface area contributed by atoms with E-state index >= 15 is 0 Å². The maximum atomic E-state index is 12.7. The molecule has 1 aromatic rings. The number of aryl methyl sites for hydroxylation is 1. The van der Waals surface area contributed by atoms with Crippen LogP contribution in [0.2, 0.25) is 0 Å². The van der Waals surface area contributed by atoms with Crippen LogP contribution >= 0.6 is 0 Å². The van der Waals surface area contributed by atoms with Gasteiger partial charge in [0.2, 0.25) is 18.2 Å². The largest absolute Gasteiger partial charge is 0.486 e. The van der Waals surface area contributed by atoms with E-state index in [1.165, 1.54) is 6.07 Å². The number of imide groups is 2. The lowest BCUT2D eigenvalue weighted by atomic mass is 10.0. The lowest BCUT2D eigenvalue weighted by molar-refractivity contribution is -0.139. The fourth-order valence-electron chi connectivity index (χ4n) is 2.40. The number of carbonyl (C=O) groups is 5. The highest BCUT2D eigenvalue weighted by Gasteiger charge is 2.35. The van der Waals surface area contributed by atoms with E-state index < -0.39 is 23.8 Å². The number of nitrogens with zero attached hydrogens (tertiary/aromatic N) is 1. The van der Waals surface area contributed by atoms with Crippen molar-refractivity contribution in [1.82, 2.24) is 10.2 Å². The van der Waals surface area contributed by atoms with Crippen molar-refractivity contribution < 1.29 is 33.8 Å². The molecule has 0 aliphatic carbocycles. The number of rotatable bonds is 6. The average Bonchev–Trinajstić information content (AvgIpc) is 2.64. The van der Waals surface area contributed by atoms with E-state index in [0.29, 0.717) is 17.6 Å². The molecule has 1 aromatic carbocycles. The molecule has 1 heterocycles. The van der Waals surface area contributed by atoms with Gasteiger partial charge in [-0.25, -0.2) is 0 Å². The summed E-state index contributed by atoms with van der Waals surface area (Å²) >= 11 is 0. The SMILES string of the molecule is CO.Cc1ccc(OCC=O)cc1C(=O)N(C=O)C1CCC(=O)NC1=O. The standard InChI is InChI=1S/C16H16N2O6.CH4O/c1-10-2-3-11(24-7-6-19)8-12(10)16(23)18(9-20)13-4-5-14(21)17-15(13)22;1-2/h2-3,6,8-9,13H,4-5,7H2,1H3,(H,17,21,22);2H,1H3. The molecule has 1 aliphatic heterocycles. The molecule has 0 aromatic heterocycles. The first-order valence-corrected chi connectivity index (χ1v) is 7.71. The van der Waals surface area contributed by atoms with Crippen LogP contribution in [0.3, 0.4) is 0 Å². The maximum absolute atomic E-state index is 12.7. The minimum absolute atomic E-state index is 0.0511. The molecule has 2 rings (SSSR count). The minimum atomic E-state index is -1.04. The van der Waals surface area contributed by atoms with Crippen LogP contribution in [0.4, 0.5) is 0 Å². The predicted molar refractivity (Wildman–Crippen MR) is 89.3 cm³/mol. The number of carbonyl (C=O) groups excluding carboxylic acids is 5. The summed E-state index contributed by atoms with van der Waals surface area (Å²) in [5.74, 6) is -1.49. The van der Waals surface area contributed by atoms with Crippen molar-refractivity contribution in [3.63, 3.8) is 0 Å². The number of amides is 4. The first kappa shape index (κ1) is 21.0. The van der Waals surface area contributed by atoms with Crippen LogP contribution in [0.5, 0.6) is 5.75 Å². The molecular formula is C17H20N2O7. The number of ether oxygens (including phenoxy) is 1. The second-order valence-corrected chi connectivity index (χ2v) is 5.24. The molecule has 9 nitrogen and oxygen atoms in total. The fourth-order valence-corrected chi connectivity index (χ4v) is 2.40. The first-order chi connectivity index (χ1) is 12.5. The summed E-state index contributed by atoms with van der Waals surface area (Å²) in [6.07, 6.45) is 0.980. The van der Waals surface area contributed by atoms with Gasteiger partial charge in [-0.3, -0.25) is 34.2 Å². The Hall–Kier alpha value is -3.07.